The highest BCUT2D eigenvalue weighted by molar-refractivity contribution is 5.75. The Hall–Kier alpha value is -1.32. The summed E-state index contributed by atoms with van der Waals surface area (Å²) in [7, 11) is 0. The summed E-state index contributed by atoms with van der Waals surface area (Å²) in [6, 6.07) is 5.68. The van der Waals surface area contributed by atoms with Crippen LogP contribution >= 0.6 is 0 Å². The molecule has 4 unspecified atom stereocenters. The fraction of sp³-hybridized carbons (Fsp3) is 0.556. The fourth-order valence-corrected chi connectivity index (χ4v) is 4.90. The molecular formula is C18H22O3. The average molecular weight is 286 g/mol. The molecule has 0 aliphatic heterocycles. The first-order chi connectivity index (χ1) is 10.0. The van der Waals surface area contributed by atoms with Crippen molar-refractivity contribution in [3.63, 3.8) is 0 Å². The van der Waals surface area contributed by atoms with Gasteiger partial charge in [-0.25, -0.2) is 0 Å². The Labute approximate surface area is 124 Å². The zero-order valence-electron chi connectivity index (χ0n) is 12.3. The molecule has 1 saturated carbocycles. The number of phenols is 1. The molecule has 1 aromatic carbocycles. The molecule has 0 amide bonds. The summed E-state index contributed by atoms with van der Waals surface area (Å²) in [5.74, 6) is 0.637. The largest absolute Gasteiger partial charge is 0.508 e. The second-order valence-electron chi connectivity index (χ2n) is 7.15. The quantitative estimate of drug-likeness (QED) is 0.687. The van der Waals surface area contributed by atoms with E-state index >= 15 is 0 Å². The number of fused-ring (bicyclic) bond motifs is 4. The molecule has 0 aromatic heterocycles. The second kappa shape index (κ2) is 4.34. The molecule has 3 heteroatoms. The lowest BCUT2D eigenvalue weighted by molar-refractivity contribution is -0.0239. The van der Waals surface area contributed by atoms with Crippen LogP contribution in [0, 0.1) is 11.3 Å². The molecule has 0 bridgehead atoms. The highest BCUT2D eigenvalue weighted by atomic mass is 16.3. The third-order valence-electron chi connectivity index (χ3n) is 6.11. The Bertz CT molecular complexity index is 633. The molecule has 3 aliphatic carbocycles. The number of allylic oxidation sites excluding steroid dienone is 2. The van der Waals surface area contributed by atoms with E-state index in [0.29, 0.717) is 18.1 Å². The van der Waals surface area contributed by atoms with E-state index in [9.17, 15) is 15.3 Å². The highest BCUT2D eigenvalue weighted by Gasteiger charge is 2.54. The van der Waals surface area contributed by atoms with Gasteiger partial charge in [-0.3, -0.25) is 0 Å². The predicted molar refractivity (Wildman–Crippen MR) is 80.8 cm³/mol. The Balaban J connectivity index is 1.82. The lowest BCUT2D eigenvalue weighted by atomic mass is 9.62. The Morgan fingerprint density at radius 2 is 1.95 bits per heavy atom. The minimum absolute atomic E-state index is 0.174. The average Bonchev–Trinajstić information content (AvgIpc) is 2.70. The van der Waals surface area contributed by atoms with Gasteiger partial charge in [0.15, 0.2) is 0 Å². The smallest absolute Gasteiger partial charge is 0.115 e. The van der Waals surface area contributed by atoms with Gasteiger partial charge in [-0.05, 0) is 66.9 Å². The van der Waals surface area contributed by atoms with Gasteiger partial charge in [-0.15, -0.1) is 0 Å². The maximum Gasteiger partial charge on any atom is 0.115 e. The van der Waals surface area contributed by atoms with E-state index in [0.717, 1.165) is 25.7 Å². The summed E-state index contributed by atoms with van der Waals surface area (Å²) in [5, 5.41) is 30.1. The Morgan fingerprint density at radius 3 is 2.76 bits per heavy atom. The molecule has 0 heterocycles. The van der Waals surface area contributed by atoms with Gasteiger partial charge in [0.1, 0.15) is 5.75 Å². The molecule has 3 nitrogen and oxygen atoms in total. The molecule has 0 saturated heterocycles. The van der Waals surface area contributed by atoms with Crippen molar-refractivity contribution in [1.29, 1.82) is 0 Å². The van der Waals surface area contributed by atoms with E-state index in [-0.39, 0.29) is 5.41 Å². The van der Waals surface area contributed by atoms with Crippen LogP contribution < -0.4 is 0 Å². The molecule has 4 atom stereocenters. The summed E-state index contributed by atoms with van der Waals surface area (Å²) in [4.78, 5) is 0. The van der Waals surface area contributed by atoms with E-state index in [1.54, 1.807) is 6.07 Å². The van der Waals surface area contributed by atoms with Crippen LogP contribution in [0.4, 0.5) is 0 Å². The number of phenolic OH excluding ortho intramolecular Hbond substituents is 1. The van der Waals surface area contributed by atoms with Crippen LogP contribution in [0.3, 0.4) is 0 Å². The van der Waals surface area contributed by atoms with Gasteiger partial charge in [0, 0.05) is 5.41 Å². The highest BCUT2D eigenvalue weighted by Crippen LogP contribution is 2.58. The van der Waals surface area contributed by atoms with Crippen LogP contribution in [-0.2, 0) is 6.42 Å². The van der Waals surface area contributed by atoms with Crippen molar-refractivity contribution in [2.24, 2.45) is 11.3 Å². The SMILES string of the molecule is CC12CCC3=C(CCc4cc(O)ccc43)C1CC(O)C2O. The van der Waals surface area contributed by atoms with Crippen molar-refractivity contribution in [3.8, 4) is 5.75 Å². The third-order valence-corrected chi connectivity index (χ3v) is 6.11. The van der Waals surface area contributed by atoms with Crippen LogP contribution in [0.1, 0.15) is 43.7 Å². The van der Waals surface area contributed by atoms with Crippen molar-refractivity contribution in [2.75, 3.05) is 0 Å². The maximum absolute atomic E-state index is 10.4. The van der Waals surface area contributed by atoms with Crippen molar-refractivity contribution in [1.82, 2.24) is 0 Å². The van der Waals surface area contributed by atoms with Gasteiger partial charge in [0.2, 0.25) is 0 Å². The zero-order valence-corrected chi connectivity index (χ0v) is 12.3. The Morgan fingerprint density at radius 1 is 1.14 bits per heavy atom. The minimum Gasteiger partial charge on any atom is -0.508 e. The predicted octanol–water partition coefficient (Wildman–Crippen LogP) is 2.63. The molecule has 112 valence electrons. The first kappa shape index (κ1) is 13.4. The van der Waals surface area contributed by atoms with Crippen LogP contribution in [0.15, 0.2) is 23.8 Å². The molecule has 1 aromatic rings. The number of aliphatic hydroxyl groups is 2. The number of hydrogen-bond donors (Lipinski definition) is 3. The summed E-state index contributed by atoms with van der Waals surface area (Å²) >= 11 is 0. The molecule has 3 N–H and O–H groups in total. The van der Waals surface area contributed by atoms with Crippen molar-refractivity contribution < 1.29 is 15.3 Å². The molecule has 21 heavy (non-hydrogen) atoms. The lowest BCUT2D eigenvalue weighted by Crippen LogP contribution is -2.39. The summed E-state index contributed by atoms with van der Waals surface area (Å²) in [6.07, 6.45) is 3.32. The van der Waals surface area contributed by atoms with Crippen molar-refractivity contribution in [2.45, 2.75) is 51.2 Å². The summed E-state index contributed by atoms with van der Waals surface area (Å²) < 4.78 is 0. The number of aromatic hydroxyl groups is 1. The second-order valence-corrected chi connectivity index (χ2v) is 7.15. The minimum atomic E-state index is -0.599. The van der Waals surface area contributed by atoms with Crippen LogP contribution in [-0.4, -0.2) is 27.5 Å². The molecule has 0 spiro atoms. The van der Waals surface area contributed by atoms with Crippen molar-refractivity contribution >= 4 is 5.57 Å². The maximum atomic E-state index is 10.4. The van der Waals surface area contributed by atoms with Gasteiger partial charge >= 0.3 is 0 Å². The molecule has 3 aliphatic rings. The van der Waals surface area contributed by atoms with Crippen LogP contribution in [0.5, 0.6) is 5.75 Å². The van der Waals surface area contributed by atoms with Gasteiger partial charge < -0.3 is 15.3 Å². The fourth-order valence-electron chi connectivity index (χ4n) is 4.90. The number of rotatable bonds is 0. The Kier molecular flexibility index (Phi) is 2.76. The number of aryl methyl sites for hydroxylation is 1. The van der Waals surface area contributed by atoms with E-state index in [1.165, 1.54) is 22.3 Å². The topological polar surface area (TPSA) is 60.7 Å². The monoisotopic (exact) mass is 286 g/mol. The van der Waals surface area contributed by atoms with Crippen molar-refractivity contribution in [3.05, 3.63) is 34.9 Å². The van der Waals surface area contributed by atoms with Gasteiger partial charge in [-0.2, -0.15) is 0 Å². The third kappa shape index (κ3) is 1.74. The van der Waals surface area contributed by atoms with E-state index in [1.807, 2.05) is 12.1 Å². The van der Waals surface area contributed by atoms with Gasteiger partial charge in [-0.1, -0.05) is 18.6 Å². The molecular weight excluding hydrogens is 264 g/mol. The molecule has 4 rings (SSSR count). The molecule has 0 radical (unpaired) electrons. The molecule has 1 fully saturated rings. The van der Waals surface area contributed by atoms with E-state index in [4.69, 9.17) is 0 Å². The standard InChI is InChI=1S/C18H22O3/c1-18-7-6-13-12-5-3-11(19)8-10(12)2-4-14(13)15(18)9-16(20)17(18)21/h3,5,8,15-17,19-21H,2,4,6-7,9H2,1H3. The summed E-state index contributed by atoms with van der Waals surface area (Å²) in [6.45, 7) is 2.13. The number of aliphatic hydroxyl groups excluding tert-OH is 2. The normalized spacial score (nSPS) is 38.0. The van der Waals surface area contributed by atoms with E-state index < -0.39 is 12.2 Å². The lowest BCUT2D eigenvalue weighted by Gasteiger charge is -2.43. The number of hydrogen-bond acceptors (Lipinski definition) is 3. The van der Waals surface area contributed by atoms with Gasteiger partial charge in [0.05, 0.1) is 12.2 Å². The number of benzene rings is 1. The van der Waals surface area contributed by atoms with E-state index in [2.05, 4.69) is 6.92 Å². The summed E-state index contributed by atoms with van der Waals surface area (Å²) in [5.41, 5.74) is 5.17. The van der Waals surface area contributed by atoms with Crippen LogP contribution in [0.25, 0.3) is 5.57 Å². The first-order valence-electron chi connectivity index (χ1n) is 7.91. The van der Waals surface area contributed by atoms with Crippen LogP contribution in [0.2, 0.25) is 0 Å². The zero-order chi connectivity index (χ0) is 14.8. The van der Waals surface area contributed by atoms with Gasteiger partial charge in [0.25, 0.3) is 0 Å². The first-order valence-corrected chi connectivity index (χ1v) is 7.91.